The lowest BCUT2D eigenvalue weighted by Gasteiger charge is -2.35. The third-order valence-corrected chi connectivity index (χ3v) is 6.37. The van der Waals surface area contributed by atoms with Crippen molar-refractivity contribution in [3.05, 3.63) is 56.7 Å². The molecule has 4 heterocycles. The monoisotopic (exact) mass is 456 g/mol. The van der Waals surface area contributed by atoms with Crippen LogP contribution in [0.4, 0.5) is 5.82 Å². The van der Waals surface area contributed by atoms with Gasteiger partial charge >= 0.3 is 0 Å². The molecule has 3 aromatic rings. The van der Waals surface area contributed by atoms with Crippen molar-refractivity contribution in [2.24, 2.45) is 0 Å². The summed E-state index contributed by atoms with van der Waals surface area (Å²) in [7, 11) is 1.80. The molecular formula is C21H21BrN4O3. The number of nitrogen functional groups attached to an aromatic ring is 1. The van der Waals surface area contributed by atoms with E-state index >= 15 is 0 Å². The van der Waals surface area contributed by atoms with Crippen molar-refractivity contribution in [1.82, 2.24) is 14.9 Å². The number of nitrogens with zero attached hydrogens (tertiary/aromatic N) is 2. The summed E-state index contributed by atoms with van der Waals surface area (Å²) < 4.78 is 12.5. The van der Waals surface area contributed by atoms with Gasteiger partial charge in [0, 0.05) is 22.6 Å². The van der Waals surface area contributed by atoms with Crippen LogP contribution in [-0.2, 0) is 22.7 Å². The number of aromatic amines is 1. The van der Waals surface area contributed by atoms with E-state index in [9.17, 15) is 4.79 Å². The molecule has 0 saturated heterocycles. The Bertz CT molecular complexity index is 1140. The number of benzene rings is 1. The zero-order valence-electron chi connectivity index (χ0n) is 16.2. The minimum absolute atomic E-state index is 0.00918. The Kier molecular flexibility index (Phi) is 4.38. The van der Waals surface area contributed by atoms with Crippen LogP contribution in [-0.4, -0.2) is 34.4 Å². The molecule has 0 unspecified atom stereocenters. The van der Waals surface area contributed by atoms with Crippen LogP contribution >= 0.6 is 15.9 Å². The highest BCUT2D eigenvalue weighted by molar-refractivity contribution is 9.10. The maximum atomic E-state index is 13.3. The van der Waals surface area contributed by atoms with E-state index in [1.165, 1.54) is 0 Å². The molecule has 0 fully saturated rings. The molecule has 2 aromatic heterocycles. The van der Waals surface area contributed by atoms with Gasteiger partial charge in [0.1, 0.15) is 11.5 Å². The lowest BCUT2D eigenvalue weighted by atomic mass is 9.94. The van der Waals surface area contributed by atoms with Gasteiger partial charge in [0.2, 0.25) is 0 Å². The van der Waals surface area contributed by atoms with Crippen LogP contribution in [0.3, 0.4) is 0 Å². The Labute approximate surface area is 176 Å². The Morgan fingerprint density at radius 1 is 1.28 bits per heavy atom. The third-order valence-electron chi connectivity index (χ3n) is 5.87. The van der Waals surface area contributed by atoms with E-state index in [4.69, 9.17) is 15.2 Å². The first-order valence-corrected chi connectivity index (χ1v) is 10.3. The van der Waals surface area contributed by atoms with Gasteiger partial charge in [0.05, 0.1) is 43.0 Å². The summed E-state index contributed by atoms with van der Waals surface area (Å²) in [6, 6.07) is 7.72. The lowest BCUT2D eigenvalue weighted by molar-refractivity contribution is 0.00475. The summed E-state index contributed by atoms with van der Waals surface area (Å²) in [6.07, 6.45) is -0.00918. The number of hydrogen-bond acceptors (Lipinski definition) is 5. The molecule has 2 aliphatic rings. The average molecular weight is 457 g/mol. The molecule has 0 bridgehead atoms. The van der Waals surface area contributed by atoms with Crippen molar-refractivity contribution >= 4 is 38.7 Å². The van der Waals surface area contributed by atoms with Crippen LogP contribution in [0.15, 0.2) is 28.7 Å². The summed E-state index contributed by atoms with van der Waals surface area (Å²) in [5, 5.41) is 0. The number of carbonyl (C=O) groups excluding carboxylic acids is 1. The molecule has 0 aliphatic carbocycles. The number of anilines is 1. The zero-order valence-corrected chi connectivity index (χ0v) is 17.7. The van der Waals surface area contributed by atoms with Gasteiger partial charge in [0.15, 0.2) is 0 Å². The van der Waals surface area contributed by atoms with Crippen LogP contribution < -0.4 is 5.73 Å². The molecule has 3 N–H and O–H groups in total. The quantitative estimate of drug-likeness (QED) is 0.610. The van der Waals surface area contributed by atoms with Crippen molar-refractivity contribution in [1.29, 1.82) is 0 Å². The number of H-pyrrole nitrogens is 1. The first kappa shape index (κ1) is 18.6. The first-order valence-electron chi connectivity index (χ1n) is 9.50. The first-order chi connectivity index (χ1) is 13.9. The van der Waals surface area contributed by atoms with E-state index in [-0.39, 0.29) is 18.1 Å². The summed E-state index contributed by atoms with van der Waals surface area (Å²) in [6.45, 7) is 3.40. The number of halogens is 1. The fraction of sp³-hybridized carbons (Fsp3) is 0.333. The van der Waals surface area contributed by atoms with Crippen LogP contribution in [0.5, 0.6) is 0 Å². The van der Waals surface area contributed by atoms with Crippen LogP contribution in [0, 0.1) is 0 Å². The number of ether oxygens (including phenoxy) is 2. The van der Waals surface area contributed by atoms with Gasteiger partial charge in [-0.05, 0) is 36.2 Å². The molecule has 2 aliphatic heterocycles. The molecule has 150 valence electrons. The van der Waals surface area contributed by atoms with E-state index < -0.39 is 0 Å². The van der Waals surface area contributed by atoms with Gasteiger partial charge in [-0.15, -0.1) is 0 Å². The highest BCUT2D eigenvalue weighted by atomic mass is 79.9. The highest BCUT2D eigenvalue weighted by Gasteiger charge is 2.32. The Balaban J connectivity index is 1.51. The number of pyridine rings is 1. The van der Waals surface area contributed by atoms with Gasteiger partial charge in [-0.25, -0.2) is 4.98 Å². The maximum Gasteiger partial charge on any atom is 0.270 e. The lowest BCUT2D eigenvalue weighted by Crippen LogP contribution is -2.37. The van der Waals surface area contributed by atoms with Gasteiger partial charge in [-0.2, -0.15) is 0 Å². The van der Waals surface area contributed by atoms with Gasteiger partial charge in [-0.3, -0.25) is 4.79 Å². The molecule has 7 nitrogen and oxygen atoms in total. The molecule has 1 amide bonds. The molecule has 0 saturated carbocycles. The number of aromatic nitrogens is 2. The molecule has 2 atom stereocenters. The second-order valence-corrected chi connectivity index (χ2v) is 8.49. The van der Waals surface area contributed by atoms with E-state index in [0.29, 0.717) is 36.8 Å². The van der Waals surface area contributed by atoms with E-state index in [1.54, 1.807) is 18.0 Å². The zero-order chi connectivity index (χ0) is 20.3. The number of nitrogens with two attached hydrogens (primary N) is 1. The number of likely N-dealkylation sites (N-methyl/N-ethyl adjacent to an activating group) is 1. The Hall–Kier alpha value is -2.42. The summed E-state index contributed by atoms with van der Waals surface area (Å²) in [5.41, 5.74) is 12.1. The number of hydrogen-bond donors (Lipinski definition) is 2. The number of fused-ring (bicyclic) bond motifs is 4. The molecule has 8 heteroatoms. The number of rotatable bonds is 2. The highest BCUT2D eigenvalue weighted by Crippen LogP contribution is 2.37. The largest absolute Gasteiger partial charge is 0.383 e. The van der Waals surface area contributed by atoms with Crippen molar-refractivity contribution < 1.29 is 14.3 Å². The molecule has 0 radical (unpaired) electrons. The van der Waals surface area contributed by atoms with Crippen molar-refractivity contribution in [2.45, 2.75) is 32.3 Å². The summed E-state index contributed by atoms with van der Waals surface area (Å²) in [5.74, 6) is 0.344. The predicted molar refractivity (Wildman–Crippen MR) is 112 cm³/mol. The van der Waals surface area contributed by atoms with Crippen LogP contribution in [0.1, 0.15) is 51.8 Å². The van der Waals surface area contributed by atoms with E-state index in [0.717, 1.165) is 32.2 Å². The van der Waals surface area contributed by atoms with Crippen molar-refractivity contribution in [3.63, 3.8) is 0 Å². The Morgan fingerprint density at radius 2 is 2.07 bits per heavy atom. The van der Waals surface area contributed by atoms with Crippen LogP contribution in [0.2, 0.25) is 0 Å². The fourth-order valence-electron chi connectivity index (χ4n) is 4.22. The third kappa shape index (κ3) is 2.94. The maximum absolute atomic E-state index is 13.3. The topological polar surface area (TPSA) is 93.5 Å². The number of carbonyl (C=O) groups is 1. The second kappa shape index (κ2) is 6.83. The molecule has 0 spiro atoms. The Morgan fingerprint density at radius 3 is 2.90 bits per heavy atom. The smallest absolute Gasteiger partial charge is 0.270 e. The molecular weight excluding hydrogens is 436 g/mol. The van der Waals surface area contributed by atoms with Crippen molar-refractivity contribution in [3.8, 4) is 0 Å². The van der Waals surface area contributed by atoms with Gasteiger partial charge < -0.3 is 25.1 Å². The standard InChI is InChI=1S/C21H21BrN4O3/c1-10-13-5-11(22)3-4-12(13)18(9-29-10)26(2)21(27)17-6-16-19(24-17)14-7-28-8-15(14)20(23)25-16/h3-6,10,18,24H,7-9H2,1-2H3,(H2,23,25)/t10-,18+/m1/s1. The SMILES string of the molecule is C[C@H]1OC[C@H](N(C)C(=O)c2cc3nc(N)c4c(c3[nH]2)COC4)c2ccc(Br)cc21. The summed E-state index contributed by atoms with van der Waals surface area (Å²) >= 11 is 3.52. The molecule has 5 rings (SSSR count). The second-order valence-electron chi connectivity index (χ2n) is 7.57. The minimum Gasteiger partial charge on any atom is -0.383 e. The number of amides is 1. The average Bonchev–Trinajstić information content (AvgIpc) is 3.35. The number of nitrogens with one attached hydrogen (secondary N) is 1. The molecule has 29 heavy (non-hydrogen) atoms. The summed E-state index contributed by atoms with van der Waals surface area (Å²) in [4.78, 5) is 22.7. The van der Waals surface area contributed by atoms with E-state index in [1.807, 2.05) is 13.0 Å². The van der Waals surface area contributed by atoms with Crippen molar-refractivity contribution in [2.75, 3.05) is 19.4 Å². The minimum atomic E-state index is -0.166. The predicted octanol–water partition coefficient (Wildman–Crippen LogP) is 3.84. The molecule has 1 aromatic carbocycles. The van der Waals surface area contributed by atoms with Crippen LogP contribution in [0.25, 0.3) is 11.0 Å². The van der Waals surface area contributed by atoms with Gasteiger partial charge in [-0.1, -0.05) is 22.0 Å². The van der Waals surface area contributed by atoms with E-state index in [2.05, 4.69) is 38.0 Å². The fourth-order valence-corrected chi connectivity index (χ4v) is 4.60. The van der Waals surface area contributed by atoms with Gasteiger partial charge in [0.25, 0.3) is 5.91 Å². The normalized spacial score (nSPS) is 20.5.